The number of carbonyl (C=O) groups is 1. The maximum atomic E-state index is 12.3. The van der Waals surface area contributed by atoms with Gasteiger partial charge in [0.2, 0.25) is 0 Å². The molecule has 1 aromatic carbocycles. The van der Waals surface area contributed by atoms with Crippen molar-refractivity contribution < 1.29 is 9.53 Å². The predicted octanol–water partition coefficient (Wildman–Crippen LogP) is 1.30. The van der Waals surface area contributed by atoms with Gasteiger partial charge in [0.15, 0.2) is 0 Å². The third-order valence-corrected chi connectivity index (χ3v) is 2.72. The van der Waals surface area contributed by atoms with Gasteiger partial charge in [0, 0.05) is 37.5 Å². The van der Waals surface area contributed by atoms with Crippen LogP contribution < -0.4 is 10.5 Å². The van der Waals surface area contributed by atoms with Crippen LogP contribution in [-0.4, -0.2) is 56.5 Å². The summed E-state index contributed by atoms with van der Waals surface area (Å²) in [6.45, 7) is 3.94. The molecule has 1 rings (SSSR count). The Bertz CT molecular complexity index is 433. The summed E-state index contributed by atoms with van der Waals surface area (Å²) in [5, 5.41) is 0. The fraction of sp³-hybridized carbons (Fsp3) is 0.500. The van der Waals surface area contributed by atoms with E-state index in [2.05, 4.69) is 0 Å². The molecule has 0 atom stereocenters. The standard InChI is InChI=1S/C14H23N3O2/c1-5-19-13-9-11(8-12(15)10-13)14(18)17(4)7-6-16(2)3/h8-10H,5-7,15H2,1-4H3. The van der Waals surface area contributed by atoms with Crippen molar-refractivity contribution in [3.05, 3.63) is 23.8 Å². The number of hydrogen-bond donors (Lipinski definition) is 1. The van der Waals surface area contributed by atoms with Crippen LogP contribution in [0.4, 0.5) is 5.69 Å². The summed E-state index contributed by atoms with van der Waals surface area (Å²) in [4.78, 5) is 16.0. The van der Waals surface area contributed by atoms with Crippen molar-refractivity contribution in [2.75, 3.05) is 46.6 Å². The lowest BCUT2D eigenvalue weighted by molar-refractivity contribution is 0.0786. The van der Waals surface area contributed by atoms with Crippen molar-refractivity contribution in [1.82, 2.24) is 9.80 Å². The highest BCUT2D eigenvalue weighted by Gasteiger charge is 2.13. The molecule has 1 amide bonds. The molecule has 5 heteroatoms. The van der Waals surface area contributed by atoms with Crippen LogP contribution in [0.2, 0.25) is 0 Å². The summed E-state index contributed by atoms with van der Waals surface area (Å²) in [5.74, 6) is 0.585. The molecule has 106 valence electrons. The van der Waals surface area contributed by atoms with Crippen molar-refractivity contribution in [3.8, 4) is 5.75 Å². The van der Waals surface area contributed by atoms with Gasteiger partial charge in [-0.25, -0.2) is 0 Å². The maximum absolute atomic E-state index is 12.3. The monoisotopic (exact) mass is 265 g/mol. The number of ether oxygens (including phenoxy) is 1. The average molecular weight is 265 g/mol. The van der Waals surface area contributed by atoms with Crippen LogP contribution in [0.1, 0.15) is 17.3 Å². The van der Waals surface area contributed by atoms with Crippen LogP contribution in [-0.2, 0) is 0 Å². The molecule has 0 bridgehead atoms. The maximum Gasteiger partial charge on any atom is 0.253 e. The van der Waals surface area contributed by atoms with Crippen molar-refractivity contribution >= 4 is 11.6 Å². The predicted molar refractivity (Wildman–Crippen MR) is 77.5 cm³/mol. The second-order valence-corrected chi connectivity index (χ2v) is 4.75. The van der Waals surface area contributed by atoms with Crippen molar-refractivity contribution in [3.63, 3.8) is 0 Å². The summed E-state index contributed by atoms with van der Waals surface area (Å²) >= 11 is 0. The summed E-state index contributed by atoms with van der Waals surface area (Å²) < 4.78 is 5.40. The molecule has 0 aliphatic heterocycles. The first-order chi connectivity index (χ1) is 8.93. The zero-order valence-corrected chi connectivity index (χ0v) is 12.1. The van der Waals surface area contributed by atoms with Gasteiger partial charge in [0.05, 0.1) is 6.61 Å². The molecule has 0 saturated carbocycles. The van der Waals surface area contributed by atoms with Crippen molar-refractivity contribution in [1.29, 1.82) is 0 Å². The van der Waals surface area contributed by atoms with Gasteiger partial charge in [0.25, 0.3) is 5.91 Å². The molecule has 0 radical (unpaired) electrons. The largest absolute Gasteiger partial charge is 0.494 e. The number of nitrogens with two attached hydrogens (primary N) is 1. The van der Waals surface area contributed by atoms with E-state index in [1.165, 1.54) is 0 Å². The third-order valence-electron chi connectivity index (χ3n) is 2.72. The Hall–Kier alpha value is -1.75. The van der Waals surface area contributed by atoms with E-state index in [1.807, 2.05) is 25.9 Å². The number of nitrogen functional groups attached to an aromatic ring is 1. The van der Waals surface area contributed by atoms with Crippen LogP contribution in [0.3, 0.4) is 0 Å². The zero-order chi connectivity index (χ0) is 14.4. The molecule has 0 aromatic heterocycles. The highest BCUT2D eigenvalue weighted by Crippen LogP contribution is 2.19. The Labute approximate surface area is 114 Å². The highest BCUT2D eigenvalue weighted by atomic mass is 16.5. The second kappa shape index (κ2) is 6.99. The van der Waals surface area contributed by atoms with Gasteiger partial charge < -0.3 is 20.3 Å². The van der Waals surface area contributed by atoms with Crippen LogP contribution >= 0.6 is 0 Å². The molecular formula is C14H23N3O2. The average Bonchev–Trinajstić information content (AvgIpc) is 2.34. The topological polar surface area (TPSA) is 58.8 Å². The molecule has 0 aliphatic carbocycles. The lowest BCUT2D eigenvalue weighted by atomic mass is 10.1. The van der Waals surface area contributed by atoms with E-state index >= 15 is 0 Å². The Morgan fingerprint density at radius 2 is 1.89 bits per heavy atom. The summed E-state index contributed by atoms with van der Waals surface area (Å²) in [6.07, 6.45) is 0. The van der Waals surface area contributed by atoms with E-state index < -0.39 is 0 Å². The van der Waals surface area contributed by atoms with Gasteiger partial charge >= 0.3 is 0 Å². The Morgan fingerprint density at radius 3 is 2.47 bits per heavy atom. The first kappa shape index (κ1) is 15.3. The number of hydrogen-bond acceptors (Lipinski definition) is 4. The first-order valence-electron chi connectivity index (χ1n) is 6.37. The van der Waals surface area contributed by atoms with Crippen LogP contribution in [0.25, 0.3) is 0 Å². The number of benzene rings is 1. The van der Waals surface area contributed by atoms with E-state index in [0.29, 0.717) is 30.2 Å². The van der Waals surface area contributed by atoms with Gasteiger partial charge in [-0.3, -0.25) is 4.79 Å². The van der Waals surface area contributed by atoms with E-state index in [9.17, 15) is 4.79 Å². The zero-order valence-electron chi connectivity index (χ0n) is 12.1. The molecular weight excluding hydrogens is 242 g/mol. The van der Waals surface area contributed by atoms with Crippen LogP contribution in [0.15, 0.2) is 18.2 Å². The molecule has 5 nitrogen and oxygen atoms in total. The lowest BCUT2D eigenvalue weighted by Crippen LogP contribution is -2.33. The molecule has 0 saturated heterocycles. The highest BCUT2D eigenvalue weighted by molar-refractivity contribution is 5.95. The summed E-state index contributed by atoms with van der Waals surface area (Å²) in [6, 6.07) is 5.13. The smallest absolute Gasteiger partial charge is 0.253 e. The summed E-state index contributed by atoms with van der Waals surface area (Å²) in [5.41, 5.74) is 6.89. The molecule has 0 heterocycles. The minimum atomic E-state index is -0.0462. The first-order valence-corrected chi connectivity index (χ1v) is 6.37. The van der Waals surface area contributed by atoms with Gasteiger partial charge in [0.1, 0.15) is 5.75 Å². The van der Waals surface area contributed by atoms with Crippen molar-refractivity contribution in [2.24, 2.45) is 0 Å². The number of carbonyl (C=O) groups excluding carboxylic acids is 1. The van der Waals surface area contributed by atoms with E-state index in [0.717, 1.165) is 6.54 Å². The van der Waals surface area contributed by atoms with Crippen LogP contribution in [0.5, 0.6) is 5.75 Å². The van der Waals surface area contributed by atoms with E-state index in [1.54, 1.807) is 30.1 Å². The summed E-state index contributed by atoms with van der Waals surface area (Å²) in [7, 11) is 5.74. The lowest BCUT2D eigenvalue weighted by Gasteiger charge is -2.20. The molecule has 0 aliphatic rings. The van der Waals surface area contributed by atoms with Crippen molar-refractivity contribution in [2.45, 2.75) is 6.92 Å². The SMILES string of the molecule is CCOc1cc(N)cc(C(=O)N(C)CCN(C)C)c1. The molecule has 0 fully saturated rings. The second-order valence-electron chi connectivity index (χ2n) is 4.75. The number of anilines is 1. The van der Waals surface area contributed by atoms with Gasteiger partial charge in [-0.2, -0.15) is 0 Å². The third kappa shape index (κ3) is 4.79. The molecule has 1 aromatic rings. The molecule has 0 spiro atoms. The Balaban J connectivity index is 2.80. The van der Waals surface area contributed by atoms with E-state index in [-0.39, 0.29) is 5.91 Å². The number of amides is 1. The van der Waals surface area contributed by atoms with Gasteiger partial charge in [-0.05, 0) is 33.2 Å². The number of nitrogens with zero attached hydrogens (tertiary/aromatic N) is 2. The fourth-order valence-corrected chi connectivity index (χ4v) is 1.67. The van der Waals surface area contributed by atoms with Crippen LogP contribution in [0, 0.1) is 0 Å². The number of likely N-dealkylation sites (N-methyl/N-ethyl adjacent to an activating group) is 2. The quantitative estimate of drug-likeness (QED) is 0.788. The Kier molecular flexibility index (Phi) is 5.63. The minimum Gasteiger partial charge on any atom is -0.494 e. The molecule has 0 unspecified atom stereocenters. The Morgan fingerprint density at radius 1 is 1.21 bits per heavy atom. The molecule has 2 N–H and O–H groups in total. The van der Waals surface area contributed by atoms with Gasteiger partial charge in [-0.1, -0.05) is 0 Å². The minimum absolute atomic E-state index is 0.0462. The normalized spacial score (nSPS) is 10.6. The van der Waals surface area contributed by atoms with E-state index in [4.69, 9.17) is 10.5 Å². The fourth-order valence-electron chi connectivity index (χ4n) is 1.67. The van der Waals surface area contributed by atoms with Gasteiger partial charge in [-0.15, -0.1) is 0 Å². The molecule has 19 heavy (non-hydrogen) atoms. The number of rotatable bonds is 6.